The fourth-order valence-electron chi connectivity index (χ4n) is 4.01. The van der Waals surface area contributed by atoms with Gasteiger partial charge in [0, 0.05) is 24.2 Å². The van der Waals surface area contributed by atoms with Crippen LogP contribution in [0.5, 0.6) is 0 Å². The molecule has 1 heterocycles. The Balaban J connectivity index is 1.72. The molecule has 2 amide bonds. The molecule has 204 valence electrons. The number of para-hydroxylation sites is 1. The predicted molar refractivity (Wildman–Crippen MR) is 154 cm³/mol. The number of nitrogens with zero attached hydrogens (tertiary/aromatic N) is 3. The molecule has 0 fully saturated rings. The van der Waals surface area contributed by atoms with Crippen LogP contribution in [-0.4, -0.2) is 45.2 Å². The number of nitrogens with two attached hydrogens (primary N) is 2. The first-order chi connectivity index (χ1) is 19.3. The number of anilines is 2. The average molecular weight is 540 g/mol. The van der Waals surface area contributed by atoms with Crippen molar-refractivity contribution in [2.75, 3.05) is 17.2 Å². The second-order valence-corrected chi connectivity index (χ2v) is 8.83. The SMILES string of the molecule is NC(N)=NCCCCC(=O)Nc1c(C(=O)Nc2ccc(C(=O)O)cc2)nn(-c2ccccc2)c1-c1ccccc1. The summed E-state index contributed by atoms with van der Waals surface area (Å²) in [5, 5.41) is 19.5. The molecule has 0 aliphatic carbocycles. The molecule has 0 atom stereocenters. The van der Waals surface area contributed by atoms with Crippen LogP contribution in [0.4, 0.5) is 11.4 Å². The molecule has 0 spiro atoms. The van der Waals surface area contributed by atoms with Gasteiger partial charge in [-0.05, 0) is 49.2 Å². The van der Waals surface area contributed by atoms with Crippen LogP contribution in [0.3, 0.4) is 0 Å². The molecule has 0 aliphatic heterocycles. The minimum absolute atomic E-state index is 0.00104. The second-order valence-electron chi connectivity index (χ2n) is 8.83. The van der Waals surface area contributed by atoms with Crippen molar-refractivity contribution in [3.63, 3.8) is 0 Å². The Morgan fingerprint density at radius 1 is 0.850 bits per heavy atom. The minimum atomic E-state index is -1.07. The lowest BCUT2D eigenvalue weighted by molar-refractivity contribution is -0.116. The van der Waals surface area contributed by atoms with E-state index in [0.29, 0.717) is 36.5 Å². The van der Waals surface area contributed by atoms with E-state index in [1.54, 1.807) is 4.68 Å². The third-order valence-electron chi connectivity index (χ3n) is 5.91. The number of carbonyl (C=O) groups excluding carboxylic acids is 2. The molecule has 1 aromatic heterocycles. The molecule has 4 rings (SSSR count). The summed E-state index contributed by atoms with van der Waals surface area (Å²) in [5.74, 6) is -1.94. The number of carbonyl (C=O) groups is 3. The number of benzene rings is 3. The van der Waals surface area contributed by atoms with Crippen LogP contribution in [-0.2, 0) is 4.79 Å². The van der Waals surface area contributed by atoms with E-state index in [1.807, 2.05) is 60.7 Å². The molecule has 11 nitrogen and oxygen atoms in total. The maximum absolute atomic E-state index is 13.5. The number of carboxylic acids is 1. The molecule has 40 heavy (non-hydrogen) atoms. The topological polar surface area (TPSA) is 178 Å². The van der Waals surface area contributed by atoms with Gasteiger partial charge in [-0.1, -0.05) is 48.5 Å². The highest BCUT2D eigenvalue weighted by atomic mass is 16.4. The van der Waals surface area contributed by atoms with Gasteiger partial charge in [-0.2, -0.15) is 5.10 Å². The van der Waals surface area contributed by atoms with Gasteiger partial charge >= 0.3 is 5.97 Å². The first-order valence-corrected chi connectivity index (χ1v) is 12.6. The van der Waals surface area contributed by atoms with Gasteiger partial charge in [-0.15, -0.1) is 0 Å². The molecule has 0 bridgehead atoms. The highest BCUT2D eigenvalue weighted by Crippen LogP contribution is 2.34. The highest BCUT2D eigenvalue weighted by molar-refractivity contribution is 6.11. The van der Waals surface area contributed by atoms with E-state index in [4.69, 9.17) is 16.6 Å². The van der Waals surface area contributed by atoms with E-state index >= 15 is 0 Å². The number of amides is 2. The lowest BCUT2D eigenvalue weighted by Crippen LogP contribution is -2.23. The maximum atomic E-state index is 13.5. The van der Waals surface area contributed by atoms with Crippen molar-refractivity contribution in [1.82, 2.24) is 9.78 Å². The summed E-state index contributed by atoms with van der Waals surface area (Å²) in [6.07, 6.45) is 1.33. The van der Waals surface area contributed by atoms with Crippen molar-refractivity contribution in [2.24, 2.45) is 16.5 Å². The van der Waals surface area contributed by atoms with E-state index in [2.05, 4.69) is 20.7 Å². The van der Waals surface area contributed by atoms with Gasteiger partial charge in [0.15, 0.2) is 11.7 Å². The van der Waals surface area contributed by atoms with E-state index in [-0.39, 0.29) is 35.2 Å². The summed E-state index contributed by atoms with van der Waals surface area (Å²) in [6, 6.07) is 24.4. The van der Waals surface area contributed by atoms with Crippen molar-refractivity contribution in [3.05, 3.63) is 96.2 Å². The van der Waals surface area contributed by atoms with Gasteiger partial charge in [-0.25, -0.2) is 9.48 Å². The summed E-state index contributed by atoms with van der Waals surface area (Å²) in [4.78, 5) is 41.7. The summed E-state index contributed by atoms with van der Waals surface area (Å²) in [6.45, 7) is 0.408. The normalized spacial score (nSPS) is 10.5. The van der Waals surface area contributed by atoms with Crippen molar-refractivity contribution < 1.29 is 19.5 Å². The largest absolute Gasteiger partial charge is 0.478 e. The lowest BCUT2D eigenvalue weighted by Gasteiger charge is -2.11. The van der Waals surface area contributed by atoms with E-state index in [0.717, 1.165) is 5.56 Å². The number of aliphatic imine (C=N–C) groups is 1. The van der Waals surface area contributed by atoms with Crippen LogP contribution in [0.25, 0.3) is 16.9 Å². The van der Waals surface area contributed by atoms with Crippen molar-refractivity contribution >= 4 is 35.1 Å². The second kappa shape index (κ2) is 12.9. The fourth-order valence-corrected chi connectivity index (χ4v) is 4.01. The Bertz CT molecular complexity index is 1510. The van der Waals surface area contributed by atoms with Crippen LogP contribution in [0.2, 0.25) is 0 Å². The van der Waals surface area contributed by atoms with Gasteiger partial charge in [0.1, 0.15) is 5.69 Å². The van der Waals surface area contributed by atoms with Gasteiger partial charge in [0.05, 0.1) is 16.9 Å². The quantitative estimate of drug-likeness (QED) is 0.109. The van der Waals surface area contributed by atoms with E-state index in [1.165, 1.54) is 24.3 Å². The first kappa shape index (κ1) is 27.6. The molecule has 4 aromatic rings. The Morgan fingerprint density at radius 3 is 2.12 bits per heavy atom. The summed E-state index contributed by atoms with van der Waals surface area (Å²) in [5.41, 5.74) is 13.4. The molecular formula is C29H29N7O4. The number of nitrogens with one attached hydrogen (secondary N) is 2. The smallest absolute Gasteiger partial charge is 0.335 e. The van der Waals surface area contributed by atoms with Gasteiger partial charge in [0.25, 0.3) is 5.91 Å². The van der Waals surface area contributed by atoms with Gasteiger partial charge in [-0.3, -0.25) is 14.6 Å². The van der Waals surface area contributed by atoms with Crippen molar-refractivity contribution in [1.29, 1.82) is 0 Å². The van der Waals surface area contributed by atoms with E-state index < -0.39 is 11.9 Å². The number of hydrogen-bond acceptors (Lipinski definition) is 5. The minimum Gasteiger partial charge on any atom is -0.478 e. The number of rotatable bonds is 11. The zero-order chi connectivity index (χ0) is 28.5. The lowest BCUT2D eigenvalue weighted by atomic mass is 10.1. The Hall–Kier alpha value is -5.45. The van der Waals surface area contributed by atoms with Crippen LogP contribution < -0.4 is 22.1 Å². The van der Waals surface area contributed by atoms with Crippen LogP contribution in [0, 0.1) is 0 Å². The van der Waals surface area contributed by atoms with Crippen LogP contribution in [0.1, 0.15) is 40.1 Å². The molecule has 0 saturated carbocycles. The Morgan fingerprint density at radius 2 is 1.50 bits per heavy atom. The van der Waals surface area contributed by atoms with Crippen molar-refractivity contribution in [3.8, 4) is 16.9 Å². The third kappa shape index (κ3) is 6.90. The molecule has 11 heteroatoms. The molecule has 0 aliphatic rings. The predicted octanol–water partition coefficient (Wildman–Crippen LogP) is 3.87. The Labute approximate surface area is 230 Å². The molecule has 0 unspecified atom stereocenters. The maximum Gasteiger partial charge on any atom is 0.335 e. The molecular weight excluding hydrogens is 510 g/mol. The number of aromatic carboxylic acids is 1. The molecule has 0 saturated heterocycles. The zero-order valence-corrected chi connectivity index (χ0v) is 21.6. The fraction of sp³-hybridized carbons (Fsp3) is 0.138. The summed E-state index contributed by atoms with van der Waals surface area (Å²) in [7, 11) is 0. The number of aromatic nitrogens is 2. The highest BCUT2D eigenvalue weighted by Gasteiger charge is 2.26. The number of guanidine groups is 1. The molecule has 0 radical (unpaired) electrons. The monoisotopic (exact) mass is 539 g/mol. The first-order valence-electron chi connectivity index (χ1n) is 12.6. The average Bonchev–Trinajstić information content (AvgIpc) is 3.33. The van der Waals surface area contributed by atoms with E-state index in [9.17, 15) is 14.4 Å². The van der Waals surface area contributed by atoms with Crippen LogP contribution >= 0.6 is 0 Å². The molecule has 3 aromatic carbocycles. The van der Waals surface area contributed by atoms with Gasteiger partial charge < -0.3 is 27.2 Å². The van der Waals surface area contributed by atoms with Crippen molar-refractivity contribution in [2.45, 2.75) is 19.3 Å². The zero-order valence-electron chi connectivity index (χ0n) is 21.6. The number of unbranched alkanes of at least 4 members (excludes halogenated alkanes) is 1. The summed E-state index contributed by atoms with van der Waals surface area (Å²) >= 11 is 0. The third-order valence-corrected chi connectivity index (χ3v) is 5.91. The number of hydrogen-bond donors (Lipinski definition) is 5. The summed E-state index contributed by atoms with van der Waals surface area (Å²) < 4.78 is 1.62. The molecule has 7 N–H and O–H groups in total. The Kier molecular flexibility index (Phi) is 8.88. The van der Waals surface area contributed by atoms with Crippen LogP contribution in [0.15, 0.2) is 89.9 Å². The number of carboxylic acid groups (broad SMARTS) is 1. The van der Waals surface area contributed by atoms with Gasteiger partial charge in [0.2, 0.25) is 5.91 Å². The standard InChI is InChI=1S/C29H29N7O4/c30-29(31)32-18-8-7-13-23(37)34-24-25(27(38)33-21-16-14-20(15-17-21)28(39)40)35-36(22-11-5-2-6-12-22)26(24)19-9-3-1-4-10-19/h1-6,9-12,14-17H,7-8,13,18H2,(H,33,38)(H,34,37)(H,39,40)(H4,30,31,32).